The monoisotopic (exact) mass is 208 g/mol. The van der Waals surface area contributed by atoms with Crippen LogP contribution in [-0.2, 0) is 0 Å². The van der Waals surface area contributed by atoms with Gasteiger partial charge >= 0.3 is 6.18 Å². The van der Waals surface area contributed by atoms with Gasteiger partial charge in [0.1, 0.15) is 0 Å². The van der Waals surface area contributed by atoms with Crippen molar-refractivity contribution in [3.05, 3.63) is 0 Å². The zero-order valence-electron chi connectivity index (χ0n) is 9.17. The van der Waals surface area contributed by atoms with E-state index >= 15 is 0 Å². The molecule has 0 saturated heterocycles. The zero-order chi connectivity index (χ0) is 11.0. The standard InChI is InChI=1S/C11H19F3/c1-4-9(2,3)10(11(12,13)14)7-5-6-8-10/h4-8H2,1-3H3. The van der Waals surface area contributed by atoms with E-state index in [2.05, 4.69) is 0 Å². The van der Waals surface area contributed by atoms with Gasteiger partial charge in [0.05, 0.1) is 5.41 Å². The molecule has 0 aromatic rings. The molecular formula is C11H19F3. The molecule has 1 aliphatic rings. The first kappa shape index (κ1) is 11.9. The Hall–Kier alpha value is -0.210. The fourth-order valence-corrected chi connectivity index (χ4v) is 2.66. The highest BCUT2D eigenvalue weighted by Crippen LogP contribution is 2.61. The lowest BCUT2D eigenvalue weighted by Crippen LogP contribution is -2.47. The summed E-state index contributed by atoms with van der Waals surface area (Å²) >= 11 is 0. The Kier molecular flexibility index (Phi) is 2.90. The molecule has 14 heavy (non-hydrogen) atoms. The first-order chi connectivity index (χ1) is 6.27. The second-order valence-corrected chi connectivity index (χ2v) is 5.02. The number of hydrogen-bond donors (Lipinski definition) is 0. The molecule has 0 spiro atoms. The Labute approximate surface area is 83.9 Å². The van der Waals surface area contributed by atoms with Crippen molar-refractivity contribution in [2.24, 2.45) is 10.8 Å². The van der Waals surface area contributed by atoms with Crippen LogP contribution < -0.4 is 0 Å². The van der Waals surface area contributed by atoms with E-state index in [0.29, 0.717) is 19.3 Å². The molecule has 1 aliphatic carbocycles. The van der Waals surface area contributed by atoms with Gasteiger partial charge in [-0.25, -0.2) is 0 Å². The van der Waals surface area contributed by atoms with Crippen LogP contribution in [0.15, 0.2) is 0 Å². The summed E-state index contributed by atoms with van der Waals surface area (Å²) in [6.45, 7) is 5.36. The Morgan fingerprint density at radius 3 is 1.79 bits per heavy atom. The third-order valence-electron chi connectivity index (χ3n) is 4.18. The van der Waals surface area contributed by atoms with Crippen molar-refractivity contribution in [3.63, 3.8) is 0 Å². The van der Waals surface area contributed by atoms with Gasteiger partial charge in [-0.1, -0.05) is 40.0 Å². The van der Waals surface area contributed by atoms with Crippen molar-refractivity contribution in [3.8, 4) is 0 Å². The average molecular weight is 208 g/mol. The van der Waals surface area contributed by atoms with E-state index < -0.39 is 17.0 Å². The second-order valence-electron chi connectivity index (χ2n) is 5.02. The lowest BCUT2D eigenvalue weighted by molar-refractivity contribution is -0.259. The maximum Gasteiger partial charge on any atom is 0.395 e. The predicted octanol–water partition coefficient (Wildman–Crippen LogP) is 4.55. The van der Waals surface area contributed by atoms with Gasteiger partial charge in [0, 0.05) is 0 Å². The van der Waals surface area contributed by atoms with E-state index in [1.54, 1.807) is 13.8 Å². The molecule has 0 heterocycles. The number of alkyl halides is 3. The van der Waals surface area contributed by atoms with Crippen molar-refractivity contribution in [2.45, 2.75) is 59.1 Å². The Morgan fingerprint density at radius 1 is 1.07 bits per heavy atom. The van der Waals surface area contributed by atoms with Crippen LogP contribution in [0.5, 0.6) is 0 Å². The molecule has 0 bridgehead atoms. The van der Waals surface area contributed by atoms with Gasteiger partial charge < -0.3 is 0 Å². The maximum atomic E-state index is 13.1. The number of halogens is 3. The zero-order valence-corrected chi connectivity index (χ0v) is 9.17. The van der Waals surface area contributed by atoms with Crippen molar-refractivity contribution in [1.82, 2.24) is 0 Å². The quantitative estimate of drug-likeness (QED) is 0.624. The van der Waals surface area contributed by atoms with Crippen LogP contribution in [0.3, 0.4) is 0 Å². The van der Waals surface area contributed by atoms with Gasteiger partial charge in [0.2, 0.25) is 0 Å². The maximum absolute atomic E-state index is 13.1. The topological polar surface area (TPSA) is 0 Å². The van der Waals surface area contributed by atoms with Crippen molar-refractivity contribution < 1.29 is 13.2 Å². The third kappa shape index (κ3) is 1.55. The molecule has 1 rings (SSSR count). The Morgan fingerprint density at radius 2 is 1.50 bits per heavy atom. The van der Waals surface area contributed by atoms with Crippen LogP contribution in [0.1, 0.15) is 52.9 Å². The Balaban J connectivity index is 3.05. The van der Waals surface area contributed by atoms with Gasteiger partial charge in [-0.05, 0) is 18.3 Å². The van der Waals surface area contributed by atoms with Crippen molar-refractivity contribution in [1.29, 1.82) is 0 Å². The van der Waals surface area contributed by atoms with Crippen molar-refractivity contribution >= 4 is 0 Å². The molecule has 84 valence electrons. The van der Waals surface area contributed by atoms with Gasteiger partial charge in [0.15, 0.2) is 0 Å². The first-order valence-electron chi connectivity index (χ1n) is 5.33. The van der Waals surface area contributed by atoms with Gasteiger partial charge in [-0.3, -0.25) is 0 Å². The minimum Gasteiger partial charge on any atom is -0.170 e. The van der Waals surface area contributed by atoms with E-state index in [4.69, 9.17) is 0 Å². The summed E-state index contributed by atoms with van der Waals surface area (Å²) in [7, 11) is 0. The normalized spacial score (nSPS) is 22.7. The molecule has 0 N–H and O–H groups in total. The minimum absolute atomic E-state index is 0.317. The van der Waals surface area contributed by atoms with E-state index in [9.17, 15) is 13.2 Å². The molecule has 0 aromatic heterocycles. The summed E-state index contributed by atoms with van der Waals surface area (Å²) in [5.41, 5.74) is -2.05. The minimum atomic E-state index is -4.04. The molecule has 3 heteroatoms. The summed E-state index contributed by atoms with van der Waals surface area (Å²) < 4.78 is 39.3. The highest BCUT2D eigenvalue weighted by molar-refractivity contribution is 5.00. The van der Waals surface area contributed by atoms with Crippen molar-refractivity contribution in [2.75, 3.05) is 0 Å². The van der Waals surface area contributed by atoms with E-state index in [1.165, 1.54) is 0 Å². The van der Waals surface area contributed by atoms with Crippen LogP contribution in [0.25, 0.3) is 0 Å². The summed E-state index contributed by atoms with van der Waals surface area (Å²) in [5, 5.41) is 0. The van der Waals surface area contributed by atoms with E-state index in [-0.39, 0.29) is 0 Å². The lowest BCUT2D eigenvalue weighted by atomic mass is 9.62. The number of rotatable bonds is 2. The van der Waals surface area contributed by atoms with E-state index in [1.807, 2.05) is 6.92 Å². The summed E-state index contributed by atoms with van der Waals surface area (Å²) in [4.78, 5) is 0. The Bertz CT molecular complexity index is 197. The highest BCUT2D eigenvalue weighted by Gasteiger charge is 2.62. The van der Waals surface area contributed by atoms with Crippen LogP contribution in [-0.4, -0.2) is 6.18 Å². The molecule has 0 nitrogen and oxygen atoms in total. The third-order valence-corrected chi connectivity index (χ3v) is 4.18. The molecule has 0 atom stereocenters. The molecule has 0 radical (unpaired) electrons. The van der Waals surface area contributed by atoms with Crippen LogP contribution in [0.2, 0.25) is 0 Å². The summed E-state index contributed by atoms with van der Waals surface area (Å²) in [5.74, 6) is 0. The second kappa shape index (κ2) is 3.42. The van der Waals surface area contributed by atoms with E-state index in [0.717, 1.165) is 12.8 Å². The molecule has 0 aromatic carbocycles. The van der Waals surface area contributed by atoms with Gasteiger partial charge in [0.25, 0.3) is 0 Å². The molecule has 0 unspecified atom stereocenters. The SMILES string of the molecule is CCC(C)(C)C1(C(F)(F)F)CCCC1. The fourth-order valence-electron chi connectivity index (χ4n) is 2.66. The molecule has 1 saturated carbocycles. The van der Waals surface area contributed by atoms with Crippen LogP contribution in [0.4, 0.5) is 13.2 Å². The van der Waals surface area contributed by atoms with Crippen LogP contribution in [0, 0.1) is 10.8 Å². The van der Waals surface area contributed by atoms with Gasteiger partial charge in [-0.2, -0.15) is 13.2 Å². The fraction of sp³-hybridized carbons (Fsp3) is 1.00. The number of hydrogen-bond acceptors (Lipinski definition) is 0. The predicted molar refractivity (Wildman–Crippen MR) is 51.0 cm³/mol. The van der Waals surface area contributed by atoms with Crippen LogP contribution >= 0.6 is 0 Å². The highest BCUT2D eigenvalue weighted by atomic mass is 19.4. The molecule has 0 amide bonds. The largest absolute Gasteiger partial charge is 0.395 e. The summed E-state index contributed by atoms with van der Waals surface area (Å²) in [6, 6.07) is 0. The average Bonchev–Trinajstić information content (AvgIpc) is 2.52. The molecule has 1 fully saturated rings. The first-order valence-corrected chi connectivity index (χ1v) is 5.33. The lowest BCUT2D eigenvalue weighted by Gasteiger charge is -2.45. The van der Waals surface area contributed by atoms with Gasteiger partial charge in [-0.15, -0.1) is 0 Å². The molecular weight excluding hydrogens is 189 g/mol. The smallest absolute Gasteiger partial charge is 0.170 e. The molecule has 0 aliphatic heterocycles. The summed E-state index contributed by atoms with van der Waals surface area (Å²) in [6.07, 6.45) is -1.36.